The largest absolute Gasteiger partial charge is 0.508 e. The second-order valence-corrected chi connectivity index (χ2v) is 7.12. The van der Waals surface area contributed by atoms with Gasteiger partial charge >= 0.3 is 11.9 Å². The molecule has 0 saturated heterocycles. The Morgan fingerprint density at radius 1 is 0.500 bits per heavy atom. The predicted molar refractivity (Wildman–Crippen MR) is 149 cm³/mol. The van der Waals surface area contributed by atoms with Crippen molar-refractivity contribution in [3.05, 3.63) is 120 Å². The number of phenols is 2. The van der Waals surface area contributed by atoms with E-state index >= 15 is 0 Å². The zero-order valence-corrected chi connectivity index (χ0v) is 21.7. The fourth-order valence-electron chi connectivity index (χ4n) is 2.38. The van der Waals surface area contributed by atoms with Gasteiger partial charge in [0.05, 0.1) is 11.1 Å². The number of aromatic carboxylic acids is 2. The summed E-state index contributed by atoms with van der Waals surface area (Å²) in [5.74, 6) is 7.34. The van der Waals surface area contributed by atoms with E-state index in [2.05, 4.69) is 9.97 Å². The van der Waals surface area contributed by atoms with Crippen LogP contribution < -0.4 is 22.5 Å². The highest BCUT2D eigenvalue weighted by Gasteiger charge is 2.01. The number of benzene rings is 2. The maximum Gasteiger partial charge on any atom is 0.335 e. The van der Waals surface area contributed by atoms with E-state index in [-0.39, 0.29) is 45.4 Å². The number of nitrogens with zero attached hydrogens (tertiary/aromatic N) is 2. The van der Waals surface area contributed by atoms with E-state index in [1.165, 1.54) is 73.3 Å². The van der Waals surface area contributed by atoms with Crippen LogP contribution in [0.15, 0.2) is 97.6 Å². The van der Waals surface area contributed by atoms with Crippen molar-refractivity contribution >= 4 is 23.8 Å². The summed E-state index contributed by atoms with van der Waals surface area (Å²) in [6, 6.07) is 17.1. The van der Waals surface area contributed by atoms with Gasteiger partial charge in [0.25, 0.3) is 11.8 Å². The molecule has 2 aromatic carbocycles. The van der Waals surface area contributed by atoms with Gasteiger partial charge in [0.15, 0.2) is 0 Å². The van der Waals surface area contributed by atoms with Gasteiger partial charge in [0.1, 0.15) is 11.5 Å². The van der Waals surface area contributed by atoms with Gasteiger partial charge in [-0.25, -0.2) is 21.3 Å². The highest BCUT2D eigenvalue weighted by Crippen LogP contribution is 2.09. The van der Waals surface area contributed by atoms with Gasteiger partial charge < -0.3 is 31.4 Å². The summed E-state index contributed by atoms with van der Waals surface area (Å²) in [5.41, 5.74) is 5.41. The molecule has 0 bridgehead atoms. The van der Waals surface area contributed by atoms with Crippen LogP contribution in [0.3, 0.4) is 0 Å². The Hall–Kier alpha value is -5.94. The maximum absolute atomic E-state index is 10.7. The zero-order valence-electron chi connectivity index (χ0n) is 21.7. The standard InChI is InChI=1S/2C7H6O3.2C6H7N3O.2H2O/c2*8-6-3-1-5(2-4-6)7(9)10;2*7-9-6(10)5-1-3-8-4-2-5;;/h2*1-4,8H,(H,9,10);2*1-4H,7H2,(H,9,10);2*1H2. The van der Waals surface area contributed by atoms with E-state index in [1.54, 1.807) is 24.3 Å². The van der Waals surface area contributed by atoms with Gasteiger partial charge in [-0.2, -0.15) is 0 Å². The third kappa shape index (κ3) is 14.9. The van der Waals surface area contributed by atoms with E-state index in [4.69, 9.17) is 32.1 Å². The zero-order chi connectivity index (χ0) is 29.9. The number of nitrogens with one attached hydrogen (secondary N) is 2. The number of hydrazine groups is 2. The van der Waals surface area contributed by atoms with Gasteiger partial charge in [-0.3, -0.25) is 30.4 Å². The highest BCUT2D eigenvalue weighted by molar-refractivity contribution is 5.94. The van der Waals surface area contributed by atoms with Crippen LogP contribution in [0, 0.1) is 0 Å². The van der Waals surface area contributed by atoms with E-state index in [1.807, 2.05) is 10.9 Å². The summed E-state index contributed by atoms with van der Waals surface area (Å²) in [6.07, 6.45) is 6.13. The van der Waals surface area contributed by atoms with Crippen LogP contribution >= 0.6 is 0 Å². The van der Waals surface area contributed by atoms with Gasteiger partial charge in [0.2, 0.25) is 0 Å². The number of nitrogens with two attached hydrogens (primary N) is 2. The van der Waals surface area contributed by atoms with Crippen molar-refractivity contribution < 1.29 is 50.6 Å². The normalized spacial score (nSPS) is 8.62. The lowest BCUT2D eigenvalue weighted by Crippen LogP contribution is -2.29. The molecule has 16 nitrogen and oxygen atoms in total. The Morgan fingerprint density at radius 2 is 0.762 bits per heavy atom. The quantitative estimate of drug-likeness (QED) is 0.0883. The summed E-state index contributed by atoms with van der Waals surface area (Å²) in [6.45, 7) is 0. The van der Waals surface area contributed by atoms with Crippen LogP contribution in [0.25, 0.3) is 0 Å². The van der Waals surface area contributed by atoms with Crippen LogP contribution in [0.4, 0.5) is 0 Å². The van der Waals surface area contributed by atoms with Gasteiger partial charge in [-0.15, -0.1) is 0 Å². The molecule has 0 aliphatic carbocycles. The number of aromatic hydroxyl groups is 2. The minimum atomic E-state index is -0.986. The number of carboxylic acid groups (broad SMARTS) is 2. The number of pyridine rings is 2. The van der Waals surface area contributed by atoms with Crippen LogP contribution in [-0.4, -0.2) is 65.1 Å². The molecule has 42 heavy (non-hydrogen) atoms. The van der Waals surface area contributed by atoms with E-state index in [0.29, 0.717) is 11.1 Å². The lowest BCUT2D eigenvalue weighted by Gasteiger charge is -1.95. The smallest absolute Gasteiger partial charge is 0.335 e. The molecular weight excluding hydrogens is 556 g/mol. The molecule has 2 amide bonds. The van der Waals surface area contributed by atoms with E-state index in [0.717, 1.165) is 0 Å². The second kappa shape index (κ2) is 21.0. The monoisotopic (exact) mass is 586 g/mol. The maximum atomic E-state index is 10.7. The average Bonchev–Trinajstić information content (AvgIpc) is 2.98. The van der Waals surface area contributed by atoms with Crippen molar-refractivity contribution in [3.63, 3.8) is 0 Å². The minimum absolute atomic E-state index is 0. The Kier molecular flexibility index (Phi) is 19.1. The molecule has 224 valence electrons. The molecule has 16 heteroatoms. The molecule has 0 atom stereocenters. The topological polar surface area (TPSA) is 314 Å². The molecular formula is C26H30N6O10. The lowest BCUT2D eigenvalue weighted by atomic mass is 10.2. The van der Waals surface area contributed by atoms with Crippen molar-refractivity contribution in [1.29, 1.82) is 0 Å². The van der Waals surface area contributed by atoms with Crippen LogP contribution in [0.1, 0.15) is 41.4 Å². The molecule has 2 aromatic heterocycles. The Bertz CT molecular complexity index is 1250. The van der Waals surface area contributed by atoms with Gasteiger partial charge in [-0.05, 0) is 72.8 Å². The Labute approximate surface area is 238 Å². The van der Waals surface area contributed by atoms with Crippen molar-refractivity contribution in [2.75, 3.05) is 0 Å². The molecule has 0 spiro atoms. The molecule has 0 aliphatic heterocycles. The lowest BCUT2D eigenvalue weighted by molar-refractivity contribution is 0.0686. The Balaban J connectivity index is 0. The number of hydrogen-bond acceptors (Lipinski definition) is 10. The summed E-state index contributed by atoms with van der Waals surface area (Å²) >= 11 is 0. The van der Waals surface area contributed by atoms with Gasteiger partial charge in [0, 0.05) is 35.9 Å². The summed E-state index contributed by atoms with van der Waals surface area (Å²) in [7, 11) is 0. The minimum Gasteiger partial charge on any atom is -0.508 e. The van der Waals surface area contributed by atoms with Crippen molar-refractivity contribution in [3.8, 4) is 11.5 Å². The molecule has 4 rings (SSSR count). The van der Waals surface area contributed by atoms with Crippen LogP contribution in [-0.2, 0) is 0 Å². The number of carboxylic acids is 2. The van der Waals surface area contributed by atoms with Crippen molar-refractivity contribution in [2.45, 2.75) is 0 Å². The number of aromatic nitrogens is 2. The molecule has 0 aliphatic rings. The number of nitrogen functional groups attached to an aromatic ring is 2. The number of carbonyl (C=O) groups excluding carboxylic acids is 2. The van der Waals surface area contributed by atoms with E-state index in [9.17, 15) is 19.2 Å². The number of rotatable bonds is 4. The van der Waals surface area contributed by atoms with Crippen molar-refractivity contribution in [1.82, 2.24) is 20.8 Å². The number of phenolic OH excluding ortho intramolecular Hbond substituents is 2. The van der Waals surface area contributed by atoms with E-state index < -0.39 is 11.9 Å². The summed E-state index contributed by atoms with van der Waals surface area (Å²) in [4.78, 5) is 49.4. The third-order valence-corrected chi connectivity index (χ3v) is 4.38. The van der Waals surface area contributed by atoms with Crippen LogP contribution in [0.5, 0.6) is 11.5 Å². The summed E-state index contributed by atoms with van der Waals surface area (Å²) in [5, 5.41) is 34.3. The average molecular weight is 587 g/mol. The first kappa shape index (κ1) is 38.2. The Morgan fingerprint density at radius 3 is 0.976 bits per heavy atom. The first-order chi connectivity index (χ1) is 19.1. The SMILES string of the molecule is NNC(=O)c1ccncc1.NNC(=O)c1ccncc1.O.O.O=C(O)c1ccc(O)cc1.O=C(O)c1ccc(O)cc1. The molecule has 0 fully saturated rings. The molecule has 0 radical (unpaired) electrons. The third-order valence-electron chi connectivity index (χ3n) is 4.38. The van der Waals surface area contributed by atoms with Crippen LogP contribution in [0.2, 0.25) is 0 Å². The number of hydrogen-bond donors (Lipinski definition) is 8. The second-order valence-electron chi connectivity index (χ2n) is 7.12. The first-order valence-corrected chi connectivity index (χ1v) is 11.0. The van der Waals surface area contributed by atoms with Gasteiger partial charge in [-0.1, -0.05) is 0 Å². The molecule has 4 aromatic rings. The molecule has 0 saturated carbocycles. The van der Waals surface area contributed by atoms with Crippen molar-refractivity contribution in [2.24, 2.45) is 11.7 Å². The molecule has 0 unspecified atom stereocenters. The summed E-state index contributed by atoms with van der Waals surface area (Å²) < 4.78 is 0. The molecule has 14 N–H and O–H groups in total. The first-order valence-electron chi connectivity index (χ1n) is 11.0. The molecule has 2 heterocycles. The number of carbonyl (C=O) groups is 4. The highest BCUT2D eigenvalue weighted by atomic mass is 16.4. The fraction of sp³-hybridized carbons (Fsp3) is 0. The number of amides is 2. The predicted octanol–water partition coefficient (Wildman–Crippen LogP) is -0.0984. The fourth-order valence-corrected chi connectivity index (χ4v) is 2.38.